The van der Waals surface area contributed by atoms with Crippen molar-refractivity contribution in [1.82, 2.24) is 14.4 Å². The van der Waals surface area contributed by atoms with Crippen LogP contribution in [-0.2, 0) is 0 Å². The van der Waals surface area contributed by atoms with Crippen molar-refractivity contribution in [3.63, 3.8) is 0 Å². The van der Waals surface area contributed by atoms with Crippen molar-refractivity contribution in [2.75, 3.05) is 11.1 Å². The highest BCUT2D eigenvalue weighted by Crippen LogP contribution is 2.29. The Morgan fingerprint density at radius 3 is 2.90 bits per heavy atom. The maximum Gasteiger partial charge on any atom is 0.180 e. The normalized spacial score (nSPS) is 12.8. The van der Waals surface area contributed by atoms with E-state index in [1.807, 2.05) is 21.9 Å². The van der Waals surface area contributed by atoms with Gasteiger partial charge in [0.15, 0.2) is 11.5 Å². The Hall–Kier alpha value is -2.08. The molecule has 3 rings (SSSR count). The number of anilines is 2. The maximum atomic E-state index is 5.83. The van der Waals surface area contributed by atoms with Gasteiger partial charge in [0.1, 0.15) is 5.82 Å². The number of aromatic nitrogens is 3. The van der Waals surface area contributed by atoms with Gasteiger partial charge in [-0.1, -0.05) is 0 Å². The molecular formula is C14H17N5S. The van der Waals surface area contributed by atoms with Gasteiger partial charge in [-0.3, -0.25) is 0 Å². The largest absolute Gasteiger partial charge is 0.382 e. The number of aryl methyl sites for hydroxylation is 2. The minimum absolute atomic E-state index is 0.162. The van der Waals surface area contributed by atoms with E-state index < -0.39 is 0 Å². The number of nitrogens with two attached hydrogens (primary N) is 1. The summed E-state index contributed by atoms with van der Waals surface area (Å²) in [6.45, 7) is 6.39. The molecule has 3 N–H and O–H groups in total. The Morgan fingerprint density at radius 2 is 2.20 bits per heavy atom. The third-order valence-electron chi connectivity index (χ3n) is 3.29. The molecule has 0 radical (unpaired) electrons. The molecule has 0 aliphatic heterocycles. The number of imidazole rings is 1. The molecule has 6 heteroatoms. The Bertz CT molecular complexity index is 758. The van der Waals surface area contributed by atoms with E-state index in [1.54, 1.807) is 12.4 Å². The topological polar surface area (TPSA) is 68.2 Å². The van der Waals surface area contributed by atoms with E-state index in [0.29, 0.717) is 11.6 Å². The summed E-state index contributed by atoms with van der Waals surface area (Å²) in [7, 11) is 0. The fraction of sp³-hybridized carbons (Fsp3) is 0.286. The Kier molecular flexibility index (Phi) is 3.10. The average molecular weight is 287 g/mol. The highest BCUT2D eigenvalue weighted by Gasteiger charge is 2.14. The molecule has 0 amide bonds. The van der Waals surface area contributed by atoms with E-state index in [-0.39, 0.29) is 6.04 Å². The van der Waals surface area contributed by atoms with Gasteiger partial charge in [0.2, 0.25) is 0 Å². The standard InChI is InChI=1S/C14H17N5S/c1-8-6-11(10(3)20-8)9(2)17-13-14-16-4-5-19(14)7-12(15)18-13/h4-7,9H,15H2,1-3H3,(H,17,18). The third-order valence-corrected chi connectivity index (χ3v) is 4.27. The van der Waals surface area contributed by atoms with Crippen LogP contribution in [0, 0.1) is 13.8 Å². The van der Waals surface area contributed by atoms with Crippen molar-refractivity contribution in [3.8, 4) is 0 Å². The van der Waals surface area contributed by atoms with Gasteiger partial charge in [-0.2, -0.15) is 0 Å². The summed E-state index contributed by atoms with van der Waals surface area (Å²) < 4.78 is 1.88. The minimum atomic E-state index is 0.162. The van der Waals surface area contributed by atoms with E-state index in [4.69, 9.17) is 5.73 Å². The molecule has 0 bridgehead atoms. The monoisotopic (exact) mass is 287 g/mol. The van der Waals surface area contributed by atoms with Crippen LogP contribution >= 0.6 is 11.3 Å². The van der Waals surface area contributed by atoms with E-state index in [9.17, 15) is 0 Å². The number of fused-ring (bicyclic) bond motifs is 1. The molecule has 20 heavy (non-hydrogen) atoms. The third kappa shape index (κ3) is 2.22. The molecule has 5 nitrogen and oxygen atoms in total. The number of hydrogen-bond donors (Lipinski definition) is 2. The van der Waals surface area contributed by atoms with Gasteiger partial charge < -0.3 is 15.5 Å². The lowest BCUT2D eigenvalue weighted by Gasteiger charge is -2.15. The molecule has 0 saturated heterocycles. The van der Waals surface area contributed by atoms with Gasteiger partial charge in [-0.25, -0.2) is 9.97 Å². The zero-order chi connectivity index (χ0) is 14.3. The molecule has 0 saturated carbocycles. The summed E-state index contributed by atoms with van der Waals surface area (Å²) >= 11 is 1.81. The maximum absolute atomic E-state index is 5.83. The fourth-order valence-electron chi connectivity index (χ4n) is 2.41. The summed E-state index contributed by atoms with van der Waals surface area (Å²) in [6, 6.07) is 2.38. The average Bonchev–Trinajstić information content (AvgIpc) is 2.95. The van der Waals surface area contributed by atoms with E-state index in [1.165, 1.54) is 15.3 Å². The summed E-state index contributed by atoms with van der Waals surface area (Å²) in [6.07, 6.45) is 5.37. The van der Waals surface area contributed by atoms with Gasteiger partial charge >= 0.3 is 0 Å². The quantitative estimate of drug-likeness (QED) is 0.776. The van der Waals surface area contributed by atoms with Crippen LogP contribution < -0.4 is 11.1 Å². The van der Waals surface area contributed by atoms with Crippen LogP contribution in [0.25, 0.3) is 5.65 Å². The second kappa shape index (κ2) is 4.79. The van der Waals surface area contributed by atoms with Crippen molar-refractivity contribution in [2.24, 2.45) is 0 Å². The van der Waals surface area contributed by atoms with E-state index in [2.05, 4.69) is 42.1 Å². The van der Waals surface area contributed by atoms with Crippen molar-refractivity contribution in [1.29, 1.82) is 0 Å². The molecule has 0 spiro atoms. The van der Waals surface area contributed by atoms with E-state index >= 15 is 0 Å². The molecule has 3 aromatic heterocycles. The van der Waals surface area contributed by atoms with Crippen LogP contribution in [0.3, 0.4) is 0 Å². The Balaban J connectivity index is 1.96. The highest BCUT2D eigenvalue weighted by molar-refractivity contribution is 7.12. The first-order chi connectivity index (χ1) is 9.54. The van der Waals surface area contributed by atoms with Crippen LogP contribution in [0.5, 0.6) is 0 Å². The number of rotatable bonds is 3. The van der Waals surface area contributed by atoms with Gasteiger partial charge in [0.05, 0.1) is 12.2 Å². The second-order valence-electron chi connectivity index (χ2n) is 4.91. The lowest BCUT2D eigenvalue weighted by atomic mass is 10.1. The predicted molar refractivity (Wildman–Crippen MR) is 83.2 cm³/mol. The van der Waals surface area contributed by atoms with Gasteiger partial charge in [-0.15, -0.1) is 11.3 Å². The number of thiophene rings is 1. The van der Waals surface area contributed by atoms with Gasteiger partial charge in [0, 0.05) is 22.1 Å². The molecule has 1 unspecified atom stereocenters. The smallest absolute Gasteiger partial charge is 0.180 e. The van der Waals surface area contributed by atoms with Crippen molar-refractivity contribution in [2.45, 2.75) is 26.8 Å². The minimum Gasteiger partial charge on any atom is -0.382 e. The number of nitrogens with zero attached hydrogens (tertiary/aromatic N) is 3. The zero-order valence-electron chi connectivity index (χ0n) is 11.7. The van der Waals surface area contributed by atoms with Crippen LogP contribution in [0.4, 0.5) is 11.6 Å². The van der Waals surface area contributed by atoms with Crippen LogP contribution in [0.2, 0.25) is 0 Å². The first kappa shape index (κ1) is 12.9. The molecule has 0 aromatic carbocycles. The number of nitrogens with one attached hydrogen (secondary N) is 1. The Labute approximate surface area is 121 Å². The van der Waals surface area contributed by atoms with Crippen molar-refractivity contribution in [3.05, 3.63) is 40.0 Å². The molecule has 3 aromatic rings. The lowest BCUT2D eigenvalue weighted by Crippen LogP contribution is -2.10. The lowest BCUT2D eigenvalue weighted by molar-refractivity contribution is 0.870. The van der Waals surface area contributed by atoms with Crippen molar-refractivity contribution < 1.29 is 0 Å². The van der Waals surface area contributed by atoms with Gasteiger partial charge in [0.25, 0.3) is 0 Å². The predicted octanol–water partition coefficient (Wildman–Crippen LogP) is 3.16. The first-order valence-electron chi connectivity index (χ1n) is 6.47. The molecule has 3 heterocycles. The number of nitrogen functional groups attached to an aromatic ring is 1. The molecule has 1 atom stereocenters. The Morgan fingerprint density at radius 1 is 1.40 bits per heavy atom. The summed E-state index contributed by atoms with van der Waals surface area (Å²) in [5.41, 5.74) is 7.92. The molecule has 0 fully saturated rings. The first-order valence-corrected chi connectivity index (χ1v) is 7.29. The SMILES string of the molecule is Cc1cc(C(C)Nc2nc(N)cn3ccnc23)c(C)s1. The zero-order valence-corrected chi connectivity index (χ0v) is 12.5. The van der Waals surface area contributed by atoms with Crippen molar-refractivity contribution >= 4 is 28.6 Å². The summed E-state index contributed by atoms with van der Waals surface area (Å²) in [4.78, 5) is 11.3. The number of hydrogen-bond acceptors (Lipinski definition) is 5. The summed E-state index contributed by atoms with van der Waals surface area (Å²) in [5.74, 6) is 1.19. The van der Waals surface area contributed by atoms with Crippen LogP contribution in [-0.4, -0.2) is 14.4 Å². The van der Waals surface area contributed by atoms with Crippen LogP contribution in [0.1, 0.15) is 28.3 Å². The molecule has 0 aliphatic rings. The van der Waals surface area contributed by atoms with Gasteiger partial charge in [-0.05, 0) is 32.4 Å². The second-order valence-corrected chi connectivity index (χ2v) is 6.37. The molecule has 104 valence electrons. The molecular weight excluding hydrogens is 270 g/mol. The highest BCUT2D eigenvalue weighted by atomic mass is 32.1. The summed E-state index contributed by atoms with van der Waals surface area (Å²) in [5, 5.41) is 3.41. The molecule has 0 aliphatic carbocycles. The van der Waals surface area contributed by atoms with E-state index in [0.717, 1.165) is 5.65 Å². The fourth-order valence-corrected chi connectivity index (χ4v) is 3.43. The van der Waals surface area contributed by atoms with Crippen LogP contribution in [0.15, 0.2) is 24.7 Å².